The molecule has 0 spiro atoms. The number of benzene rings is 2. The second kappa shape index (κ2) is 5.21. The Bertz CT molecular complexity index is 700. The second-order valence-corrected chi connectivity index (χ2v) is 4.65. The van der Waals surface area contributed by atoms with Crippen LogP contribution in [0.4, 0.5) is 0 Å². The number of rotatable bonds is 3. The molecule has 3 aromatic rings. The molecule has 0 radical (unpaired) electrons. The normalized spacial score (nSPS) is 10.5. The van der Waals surface area contributed by atoms with Gasteiger partial charge in [-0.25, -0.2) is 4.68 Å². The van der Waals surface area contributed by atoms with Gasteiger partial charge in [0.25, 0.3) is 0 Å². The van der Waals surface area contributed by atoms with Gasteiger partial charge < -0.3 is 4.74 Å². The van der Waals surface area contributed by atoms with Crippen LogP contribution in [-0.2, 0) is 0 Å². The second-order valence-electron chi connectivity index (χ2n) is 4.65. The minimum atomic E-state index is 0.858. The molecule has 2 aromatic carbocycles. The molecule has 0 amide bonds. The maximum absolute atomic E-state index is 5.20. The minimum absolute atomic E-state index is 0.858. The zero-order chi connectivity index (χ0) is 13.9. The van der Waals surface area contributed by atoms with Crippen molar-refractivity contribution in [2.75, 3.05) is 7.11 Å². The Kier molecular flexibility index (Phi) is 3.25. The molecule has 3 heteroatoms. The highest BCUT2D eigenvalue weighted by Gasteiger charge is 2.09. The summed E-state index contributed by atoms with van der Waals surface area (Å²) in [6.45, 7) is 2.01. The van der Waals surface area contributed by atoms with Crippen molar-refractivity contribution in [3.8, 4) is 22.7 Å². The summed E-state index contributed by atoms with van der Waals surface area (Å²) >= 11 is 0. The topological polar surface area (TPSA) is 27.1 Å². The molecule has 3 rings (SSSR count). The lowest BCUT2D eigenvalue weighted by molar-refractivity contribution is 0.415. The maximum atomic E-state index is 5.20. The zero-order valence-corrected chi connectivity index (χ0v) is 11.6. The van der Waals surface area contributed by atoms with E-state index in [-0.39, 0.29) is 0 Å². The van der Waals surface area contributed by atoms with Crippen molar-refractivity contribution in [1.82, 2.24) is 9.78 Å². The van der Waals surface area contributed by atoms with E-state index >= 15 is 0 Å². The van der Waals surface area contributed by atoms with Crippen LogP contribution < -0.4 is 4.74 Å². The molecule has 0 bridgehead atoms. The Labute approximate surface area is 118 Å². The molecule has 20 heavy (non-hydrogen) atoms. The van der Waals surface area contributed by atoms with E-state index in [1.807, 2.05) is 41.9 Å². The molecule has 0 aliphatic heterocycles. The van der Waals surface area contributed by atoms with Crippen molar-refractivity contribution in [2.24, 2.45) is 0 Å². The smallest absolute Gasteiger partial charge is 0.118 e. The first-order valence-electron chi connectivity index (χ1n) is 6.54. The van der Waals surface area contributed by atoms with Gasteiger partial charge in [0.2, 0.25) is 0 Å². The van der Waals surface area contributed by atoms with E-state index in [1.54, 1.807) is 7.11 Å². The van der Waals surface area contributed by atoms with Crippen LogP contribution in [0.2, 0.25) is 0 Å². The third-order valence-electron chi connectivity index (χ3n) is 3.22. The van der Waals surface area contributed by atoms with E-state index in [2.05, 4.69) is 35.4 Å². The number of aryl methyl sites for hydroxylation is 1. The maximum Gasteiger partial charge on any atom is 0.118 e. The van der Waals surface area contributed by atoms with Crippen molar-refractivity contribution < 1.29 is 4.74 Å². The van der Waals surface area contributed by atoms with Crippen molar-refractivity contribution in [2.45, 2.75) is 6.92 Å². The summed E-state index contributed by atoms with van der Waals surface area (Å²) < 4.78 is 7.17. The SMILES string of the molecule is COc1ccc(-c2cc(C)nn2-c2ccccc2)cc1. The van der Waals surface area contributed by atoms with E-state index in [0.717, 1.165) is 28.4 Å². The van der Waals surface area contributed by atoms with Gasteiger partial charge in [-0.05, 0) is 49.4 Å². The van der Waals surface area contributed by atoms with Crippen molar-refractivity contribution >= 4 is 0 Å². The largest absolute Gasteiger partial charge is 0.497 e. The van der Waals surface area contributed by atoms with Crippen LogP contribution in [-0.4, -0.2) is 16.9 Å². The number of hydrogen-bond acceptors (Lipinski definition) is 2. The number of hydrogen-bond donors (Lipinski definition) is 0. The standard InChI is InChI=1S/C17H16N2O/c1-13-12-17(14-8-10-16(20-2)11-9-14)19(18-13)15-6-4-3-5-7-15/h3-12H,1-2H3. The molecular weight excluding hydrogens is 248 g/mol. The average Bonchev–Trinajstić information content (AvgIpc) is 2.90. The zero-order valence-electron chi connectivity index (χ0n) is 11.6. The molecule has 0 atom stereocenters. The summed E-state index contributed by atoms with van der Waals surface area (Å²) in [6.07, 6.45) is 0. The molecule has 0 saturated heterocycles. The molecular formula is C17H16N2O. The summed E-state index contributed by atoms with van der Waals surface area (Å²) in [5, 5.41) is 4.59. The summed E-state index contributed by atoms with van der Waals surface area (Å²) in [6, 6.07) is 20.3. The van der Waals surface area contributed by atoms with Gasteiger partial charge in [-0.1, -0.05) is 18.2 Å². The fourth-order valence-electron chi connectivity index (χ4n) is 2.23. The Morgan fingerprint density at radius 2 is 1.65 bits per heavy atom. The molecule has 1 aromatic heterocycles. The van der Waals surface area contributed by atoms with E-state index in [4.69, 9.17) is 4.74 Å². The summed E-state index contributed by atoms with van der Waals surface area (Å²) in [4.78, 5) is 0. The van der Waals surface area contributed by atoms with E-state index in [1.165, 1.54) is 0 Å². The van der Waals surface area contributed by atoms with Crippen LogP contribution >= 0.6 is 0 Å². The average molecular weight is 264 g/mol. The third-order valence-corrected chi connectivity index (χ3v) is 3.22. The van der Waals surface area contributed by atoms with Crippen molar-refractivity contribution in [3.63, 3.8) is 0 Å². The van der Waals surface area contributed by atoms with Gasteiger partial charge in [0, 0.05) is 5.56 Å². The Morgan fingerprint density at radius 3 is 2.30 bits per heavy atom. The highest BCUT2D eigenvalue weighted by molar-refractivity contribution is 5.63. The molecule has 0 aliphatic rings. The molecule has 1 heterocycles. The lowest BCUT2D eigenvalue weighted by Gasteiger charge is -2.08. The van der Waals surface area contributed by atoms with Gasteiger partial charge in [0.05, 0.1) is 24.2 Å². The minimum Gasteiger partial charge on any atom is -0.497 e. The Morgan fingerprint density at radius 1 is 0.950 bits per heavy atom. The lowest BCUT2D eigenvalue weighted by atomic mass is 10.1. The van der Waals surface area contributed by atoms with E-state index in [0.29, 0.717) is 0 Å². The molecule has 3 nitrogen and oxygen atoms in total. The first kappa shape index (κ1) is 12.5. The molecule has 100 valence electrons. The number of nitrogens with zero attached hydrogens (tertiary/aromatic N) is 2. The number of methoxy groups -OCH3 is 1. The Hall–Kier alpha value is -2.55. The molecule has 0 N–H and O–H groups in total. The summed E-state index contributed by atoms with van der Waals surface area (Å²) in [5.74, 6) is 0.858. The van der Waals surface area contributed by atoms with Crippen LogP contribution in [0.15, 0.2) is 60.7 Å². The first-order valence-corrected chi connectivity index (χ1v) is 6.54. The van der Waals surface area contributed by atoms with Gasteiger partial charge in [0.15, 0.2) is 0 Å². The van der Waals surface area contributed by atoms with Crippen LogP contribution in [0.1, 0.15) is 5.69 Å². The first-order chi connectivity index (χ1) is 9.78. The monoisotopic (exact) mass is 264 g/mol. The fourth-order valence-corrected chi connectivity index (χ4v) is 2.23. The van der Waals surface area contributed by atoms with Crippen molar-refractivity contribution in [3.05, 3.63) is 66.4 Å². The molecule has 0 unspecified atom stereocenters. The highest BCUT2D eigenvalue weighted by Crippen LogP contribution is 2.25. The van der Waals surface area contributed by atoms with E-state index in [9.17, 15) is 0 Å². The van der Waals surface area contributed by atoms with E-state index < -0.39 is 0 Å². The van der Waals surface area contributed by atoms with Gasteiger partial charge >= 0.3 is 0 Å². The predicted molar refractivity (Wildman–Crippen MR) is 80.3 cm³/mol. The number of aromatic nitrogens is 2. The predicted octanol–water partition coefficient (Wildman–Crippen LogP) is 3.86. The molecule has 0 fully saturated rings. The summed E-state index contributed by atoms with van der Waals surface area (Å²) in [5.41, 5.74) is 4.26. The van der Waals surface area contributed by atoms with Gasteiger partial charge in [-0.2, -0.15) is 5.10 Å². The van der Waals surface area contributed by atoms with Crippen molar-refractivity contribution in [1.29, 1.82) is 0 Å². The van der Waals surface area contributed by atoms with Crippen LogP contribution in [0.3, 0.4) is 0 Å². The summed E-state index contributed by atoms with van der Waals surface area (Å²) in [7, 11) is 1.67. The molecule has 0 aliphatic carbocycles. The quantitative estimate of drug-likeness (QED) is 0.718. The number of para-hydroxylation sites is 1. The lowest BCUT2D eigenvalue weighted by Crippen LogP contribution is -1.98. The van der Waals surface area contributed by atoms with Gasteiger partial charge in [-0.15, -0.1) is 0 Å². The Balaban J connectivity index is 2.09. The fraction of sp³-hybridized carbons (Fsp3) is 0.118. The van der Waals surface area contributed by atoms with Gasteiger partial charge in [-0.3, -0.25) is 0 Å². The highest BCUT2D eigenvalue weighted by atomic mass is 16.5. The van der Waals surface area contributed by atoms with Gasteiger partial charge in [0.1, 0.15) is 5.75 Å². The van der Waals surface area contributed by atoms with Crippen LogP contribution in [0.25, 0.3) is 16.9 Å². The molecule has 0 saturated carbocycles. The third kappa shape index (κ3) is 2.30. The van der Waals surface area contributed by atoms with Crippen LogP contribution in [0, 0.1) is 6.92 Å². The van der Waals surface area contributed by atoms with Crippen LogP contribution in [0.5, 0.6) is 5.75 Å². The number of ether oxygens (including phenoxy) is 1.